The summed E-state index contributed by atoms with van der Waals surface area (Å²) in [6.07, 6.45) is 1.82. The Bertz CT molecular complexity index is 561. The predicted molar refractivity (Wildman–Crippen MR) is 77.2 cm³/mol. The molecule has 1 N–H and O–H groups in total. The zero-order valence-corrected chi connectivity index (χ0v) is 12.4. The van der Waals surface area contributed by atoms with Gasteiger partial charge in [0.2, 0.25) is 0 Å². The number of halogens is 1. The third-order valence-electron chi connectivity index (χ3n) is 3.83. The minimum Gasteiger partial charge on any atom is -0.361 e. The van der Waals surface area contributed by atoms with Crippen LogP contribution in [0.25, 0.3) is 0 Å². The highest BCUT2D eigenvalue weighted by molar-refractivity contribution is 7.10. The number of aromatic nitrogens is 1. The molecule has 0 radical (unpaired) electrons. The minimum atomic E-state index is 0.0435. The monoisotopic (exact) mass is 311 g/mol. The average Bonchev–Trinajstić information content (AvgIpc) is 3.05. The van der Waals surface area contributed by atoms with Gasteiger partial charge in [0.15, 0.2) is 5.15 Å². The van der Waals surface area contributed by atoms with Gasteiger partial charge in [-0.3, -0.25) is 0 Å². The second-order valence-electron chi connectivity index (χ2n) is 4.91. The van der Waals surface area contributed by atoms with Crippen LogP contribution in [0.2, 0.25) is 5.15 Å². The van der Waals surface area contributed by atoms with Gasteiger partial charge in [0, 0.05) is 32.2 Å². The molecule has 1 aromatic heterocycles. The molecule has 0 spiro atoms. The number of anilines is 1. The Kier molecular flexibility index (Phi) is 3.68. The van der Waals surface area contributed by atoms with Gasteiger partial charge in [-0.2, -0.15) is 9.64 Å². The van der Waals surface area contributed by atoms with Crippen LogP contribution in [0.3, 0.4) is 0 Å². The van der Waals surface area contributed by atoms with Crippen molar-refractivity contribution in [2.75, 3.05) is 31.1 Å². The third kappa shape index (κ3) is 2.30. The molecule has 0 bridgehead atoms. The second-order valence-corrected chi connectivity index (χ2v) is 6.02. The van der Waals surface area contributed by atoms with Crippen molar-refractivity contribution in [3.63, 3.8) is 0 Å². The second kappa shape index (κ2) is 5.46. The number of carbonyl (C=O) groups excluding carboxylic acids is 1. The number of hydrogen-bond donors (Lipinski definition) is 1. The van der Waals surface area contributed by atoms with Crippen LogP contribution < -0.4 is 10.2 Å². The summed E-state index contributed by atoms with van der Waals surface area (Å²) in [6, 6.07) is 2.45. The maximum atomic E-state index is 11.7. The summed E-state index contributed by atoms with van der Waals surface area (Å²) in [7, 11) is 0. The van der Waals surface area contributed by atoms with Gasteiger partial charge >= 0.3 is 6.03 Å². The van der Waals surface area contributed by atoms with Gasteiger partial charge in [0.25, 0.3) is 0 Å². The first-order chi connectivity index (χ1) is 9.70. The lowest BCUT2D eigenvalue weighted by atomic mass is 10.0. The maximum Gasteiger partial charge on any atom is 0.317 e. The van der Waals surface area contributed by atoms with Crippen LogP contribution in [0.1, 0.15) is 18.4 Å². The molecule has 2 saturated heterocycles. The SMILES string of the molecule is N#Cc1c(Cl)nsc1N1CCC(N2CCNC2=O)CC1. The molecule has 0 saturated carbocycles. The Morgan fingerprint density at radius 2 is 2.15 bits per heavy atom. The fourth-order valence-corrected chi connectivity index (χ4v) is 3.87. The number of carbonyl (C=O) groups is 1. The van der Waals surface area contributed by atoms with Crippen LogP contribution in [0, 0.1) is 11.3 Å². The Morgan fingerprint density at radius 3 is 2.75 bits per heavy atom. The van der Waals surface area contributed by atoms with Gasteiger partial charge < -0.3 is 15.1 Å². The summed E-state index contributed by atoms with van der Waals surface area (Å²) < 4.78 is 4.04. The maximum absolute atomic E-state index is 11.7. The van der Waals surface area contributed by atoms with Gasteiger partial charge in [-0.1, -0.05) is 11.6 Å². The molecule has 2 amide bonds. The number of nitriles is 1. The van der Waals surface area contributed by atoms with Crippen molar-refractivity contribution in [2.24, 2.45) is 0 Å². The number of hydrogen-bond acceptors (Lipinski definition) is 5. The van der Waals surface area contributed by atoms with Crippen molar-refractivity contribution >= 4 is 34.2 Å². The molecule has 0 aromatic carbocycles. The zero-order chi connectivity index (χ0) is 14.1. The summed E-state index contributed by atoms with van der Waals surface area (Å²) in [6.45, 7) is 3.17. The van der Waals surface area contributed by atoms with Gasteiger partial charge in [0.1, 0.15) is 16.6 Å². The van der Waals surface area contributed by atoms with Gasteiger partial charge in [0.05, 0.1) is 0 Å². The van der Waals surface area contributed by atoms with Crippen LogP contribution in [0.15, 0.2) is 0 Å². The molecule has 6 nitrogen and oxygen atoms in total. The largest absolute Gasteiger partial charge is 0.361 e. The van der Waals surface area contributed by atoms with E-state index in [-0.39, 0.29) is 11.2 Å². The number of nitrogens with zero attached hydrogens (tertiary/aromatic N) is 4. The van der Waals surface area contributed by atoms with Crippen molar-refractivity contribution in [2.45, 2.75) is 18.9 Å². The summed E-state index contributed by atoms with van der Waals surface area (Å²) >= 11 is 7.17. The smallest absolute Gasteiger partial charge is 0.317 e. The van der Waals surface area contributed by atoms with E-state index in [1.807, 2.05) is 4.90 Å². The fourth-order valence-electron chi connectivity index (χ4n) is 2.79. The van der Waals surface area contributed by atoms with Crippen LogP contribution in [0.5, 0.6) is 0 Å². The lowest BCUT2D eigenvalue weighted by molar-refractivity contribution is 0.186. The van der Waals surface area contributed by atoms with Crippen molar-refractivity contribution in [3.8, 4) is 6.07 Å². The van der Waals surface area contributed by atoms with Crippen LogP contribution in [-0.4, -0.2) is 47.5 Å². The molecule has 20 heavy (non-hydrogen) atoms. The van der Waals surface area contributed by atoms with E-state index in [9.17, 15) is 4.79 Å². The third-order valence-corrected chi connectivity index (χ3v) is 5.11. The summed E-state index contributed by atoms with van der Waals surface area (Å²) in [5.41, 5.74) is 0.467. The summed E-state index contributed by atoms with van der Waals surface area (Å²) in [4.78, 5) is 15.7. The van der Waals surface area contributed by atoms with E-state index < -0.39 is 0 Å². The Balaban J connectivity index is 1.67. The van der Waals surface area contributed by atoms with E-state index in [1.165, 1.54) is 11.5 Å². The van der Waals surface area contributed by atoms with E-state index in [0.29, 0.717) is 11.6 Å². The molecule has 2 aliphatic heterocycles. The topological polar surface area (TPSA) is 72.3 Å². The van der Waals surface area contributed by atoms with Crippen LogP contribution in [0.4, 0.5) is 9.80 Å². The first-order valence-corrected chi connectivity index (χ1v) is 7.70. The van der Waals surface area contributed by atoms with Crippen LogP contribution in [-0.2, 0) is 0 Å². The van der Waals surface area contributed by atoms with E-state index in [2.05, 4.69) is 20.7 Å². The first-order valence-electron chi connectivity index (χ1n) is 6.55. The minimum absolute atomic E-state index is 0.0435. The molecule has 0 unspecified atom stereocenters. The van der Waals surface area contributed by atoms with Crippen LogP contribution >= 0.6 is 23.1 Å². The number of urea groups is 1. The molecule has 1 aromatic rings. The molecule has 106 valence electrons. The van der Waals surface area contributed by atoms with E-state index >= 15 is 0 Å². The van der Waals surface area contributed by atoms with Crippen molar-refractivity contribution < 1.29 is 4.79 Å². The number of rotatable bonds is 2. The van der Waals surface area contributed by atoms with Gasteiger partial charge in [-0.25, -0.2) is 4.79 Å². The lowest BCUT2D eigenvalue weighted by Crippen LogP contribution is -2.46. The van der Waals surface area contributed by atoms with Crippen molar-refractivity contribution in [1.82, 2.24) is 14.6 Å². The molecule has 3 rings (SSSR count). The quantitative estimate of drug-likeness (QED) is 0.901. The molecule has 2 aliphatic rings. The fraction of sp³-hybridized carbons (Fsp3) is 0.583. The van der Waals surface area contributed by atoms with E-state index in [0.717, 1.165) is 44.0 Å². The molecule has 2 fully saturated rings. The highest BCUT2D eigenvalue weighted by Gasteiger charge is 2.31. The Labute approximate surface area is 126 Å². The number of piperidine rings is 1. The molecular weight excluding hydrogens is 298 g/mol. The predicted octanol–water partition coefficient (Wildman–Crippen LogP) is 1.66. The van der Waals surface area contributed by atoms with E-state index in [1.54, 1.807) is 0 Å². The van der Waals surface area contributed by atoms with Gasteiger partial charge in [-0.15, -0.1) is 0 Å². The molecule has 0 atom stereocenters. The standard InChI is InChI=1S/C12H14ClN5OS/c13-10-9(7-14)11(20-16-10)17-4-1-8(2-5-17)18-6-3-15-12(18)19/h8H,1-6H2,(H,15,19). The number of nitrogens with one attached hydrogen (secondary N) is 1. The highest BCUT2D eigenvalue weighted by Crippen LogP contribution is 2.33. The molecule has 0 aliphatic carbocycles. The molecular formula is C12H14ClN5OS. The summed E-state index contributed by atoms with van der Waals surface area (Å²) in [5, 5.41) is 13.1. The Hall–Kier alpha value is -1.52. The lowest BCUT2D eigenvalue weighted by Gasteiger charge is -2.36. The average molecular weight is 312 g/mol. The van der Waals surface area contributed by atoms with Gasteiger partial charge in [-0.05, 0) is 24.4 Å². The highest BCUT2D eigenvalue weighted by atomic mass is 35.5. The Morgan fingerprint density at radius 1 is 1.40 bits per heavy atom. The van der Waals surface area contributed by atoms with Crippen molar-refractivity contribution in [3.05, 3.63) is 10.7 Å². The molecule has 3 heterocycles. The molecule has 8 heteroatoms. The zero-order valence-electron chi connectivity index (χ0n) is 10.8. The summed E-state index contributed by atoms with van der Waals surface area (Å²) in [5.74, 6) is 0. The number of amides is 2. The normalized spacial score (nSPS) is 20.1. The first kappa shape index (κ1) is 13.5. The van der Waals surface area contributed by atoms with E-state index in [4.69, 9.17) is 16.9 Å². The van der Waals surface area contributed by atoms with Crippen molar-refractivity contribution in [1.29, 1.82) is 5.26 Å².